The summed E-state index contributed by atoms with van der Waals surface area (Å²) in [5.41, 5.74) is 1.52. The van der Waals surface area contributed by atoms with Gasteiger partial charge in [0, 0.05) is 25.3 Å². The lowest BCUT2D eigenvalue weighted by molar-refractivity contribution is -0.142. The molecule has 3 N–H and O–H groups in total. The molecule has 0 radical (unpaired) electrons. The Balaban J connectivity index is 1.26. The highest BCUT2D eigenvalue weighted by Gasteiger charge is 2.62. The summed E-state index contributed by atoms with van der Waals surface area (Å²) in [5, 5.41) is 5.02. The third-order valence-electron chi connectivity index (χ3n) is 10.4. The minimum atomic E-state index is -3.89. The van der Waals surface area contributed by atoms with Crippen LogP contribution in [0.2, 0.25) is 0 Å². The predicted molar refractivity (Wildman–Crippen MR) is 184 cm³/mol. The Morgan fingerprint density at radius 1 is 1.16 bits per heavy atom. The number of unbranched alkanes of at least 4 members (excludes halogenated alkanes) is 1. The van der Waals surface area contributed by atoms with Crippen molar-refractivity contribution in [1.82, 2.24) is 25.2 Å². The molecule has 13 nitrogen and oxygen atoms in total. The van der Waals surface area contributed by atoms with Crippen molar-refractivity contribution < 1.29 is 37.1 Å². The number of benzene rings is 1. The lowest BCUT2D eigenvalue weighted by Crippen LogP contribution is -2.58. The molecule has 3 heterocycles. The highest BCUT2D eigenvalue weighted by molar-refractivity contribution is 7.91. The van der Waals surface area contributed by atoms with Crippen LogP contribution in [0.5, 0.6) is 0 Å². The predicted octanol–water partition coefficient (Wildman–Crippen LogP) is 3.04. The van der Waals surface area contributed by atoms with Crippen LogP contribution in [0.4, 0.5) is 4.79 Å². The maximum atomic E-state index is 14.2. The van der Waals surface area contributed by atoms with Gasteiger partial charge in [0.1, 0.15) is 23.7 Å². The van der Waals surface area contributed by atoms with Crippen LogP contribution in [0.3, 0.4) is 0 Å². The first-order chi connectivity index (χ1) is 24.0. The molecule has 0 unspecified atom stereocenters. The highest BCUT2D eigenvalue weighted by Crippen LogP contribution is 2.45. The van der Waals surface area contributed by atoms with Gasteiger partial charge in [0.05, 0.1) is 18.3 Å². The van der Waals surface area contributed by atoms with Crippen molar-refractivity contribution in [1.29, 1.82) is 0 Å². The van der Waals surface area contributed by atoms with Gasteiger partial charge in [-0.2, -0.15) is 0 Å². The molecule has 5 atom stereocenters. The molecule has 270 valence electrons. The average molecular weight is 710 g/mol. The van der Waals surface area contributed by atoms with E-state index in [0.717, 1.165) is 36.0 Å². The number of hydrogen-bond donors (Lipinski definition) is 3. The molecule has 6 rings (SSSR count). The molecule has 5 aliphatic rings. The number of sulfonamides is 1. The van der Waals surface area contributed by atoms with Crippen LogP contribution in [0.1, 0.15) is 94.2 Å². The summed E-state index contributed by atoms with van der Waals surface area (Å²) >= 11 is 0. The van der Waals surface area contributed by atoms with Crippen molar-refractivity contribution in [3.63, 3.8) is 0 Å². The maximum Gasteiger partial charge on any atom is 0.410 e. The molecule has 50 heavy (non-hydrogen) atoms. The number of nitrogens with zero attached hydrogens (tertiary/aromatic N) is 2. The molecule has 5 amide bonds. The summed E-state index contributed by atoms with van der Waals surface area (Å²) < 4.78 is 33.3. The van der Waals surface area contributed by atoms with Crippen LogP contribution in [-0.4, -0.2) is 83.5 Å². The molecule has 2 saturated carbocycles. The zero-order chi connectivity index (χ0) is 35.6. The van der Waals surface area contributed by atoms with E-state index in [-0.39, 0.29) is 31.7 Å². The zero-order valence-electron chi connectivity index (χ0n) is 28.5. The van der Waals surface area contributed by atoms with Crippen molar-refractivity contribution in [3.05, 3.63) is 53.6 Å². The molecule has 3 fully saturated rings. The summed E-state index contributed by atoms with van der Waals surface area (Å²) in [6.07, 6.45) is 9.46. The summed E-state index contributed by atoms with van der Waals surface area (Å²) in [6, 6.07) is 3.89. The number of carbonyl (C=O) groups excluding carboxylic acids is 5. The Morgan fingerprint density at radius 2 is 1.96 bits per heavy atom. The van der Waals surface area contributed by atoms with Gasteiger partial charge in [0.15, 0.2) is 0 Å². The molecule has 4 bridgehead atoms. The number of rotatable bonds is 9. The molecule has 14 heteroatoms. The second kappa shape index (κ2) is 14.6. The normalized spacial score (nSPS) is 29.2. The van der Waals surface area contributed by atoms with Gasteiger partial charge in [-0.25, -0.2) is 13.2 Å². The maximum absolute atomic E-state index is 14.2. The first-order valence-corrected chi connectivity index (χ1v) is 19.3. The molecule has 0 aromatic heterocycles. The summed E-state index contributed by atoms with van der Waals surface area (Å²) in [5.74, 6) is -2.77. The first-order valence-electron chi connectivity index (χ1n) is 17.8. The fraction of sp³-hybridized carbons (Fsp3) is 0.583. The number of fused-ring (bicyclic) bond motifs is 3. The quantitative estimate of drug-likeness (QED) is 0.329. The number of allylic oxidation sites excluding steroid dienone is 1. The van der Waals surface area contributed by atoms with Crippen LogP contribution in [-0.2, 0) is 47.0 Å². The van der Waals surface area contributed by atoms with Crippen molar-refractivity contribution >= 4 is 45.8 Å². The van der Waals surface area contributed by atoms with Crippen LogP contribution in [0.25, 0.3) is 6.08 Å². The van der Waals surface area contributed by atoms with Gasteiger partial charge in [-0.1, -0.05) is 56.2 Å². The van der Waals surface area contributed by atoms with E-state index in [9.17, 15) is 32.4 Å². The lowest BCUT2D eigenvalue weighted by Gasteiger charge is -2.30. The minimum Gasteiger partial charge on any atom is -0.444 e. The standard InChI is InChI=1S/C36H47N5O8S/c1-3-5-14-29-33(44)41-21-26(18-30(41)32(43)38-36(19-25(36)4-2)34(45)39-50(47,48)27-16-17-27)49-35(46)40-20-24-13-10-12-23(28(24)22-40)11-8-6-7-9-15-31(42)37-29/h4,8,10-13,25-27,29-30H,2-3,5-7,9,14-22H2,1H3,(H,37,42)(H,38,43)(H,39,45)/b11-8+/t25-,26+,29-,30-,36+/m0/s1. The SMILES string of the molecule is C=C[C@H]1C[C@]1(NC(=O)[C@@H]1C[C@@H]2CN1C(=O)[C@H](CCCC)NC(=O)CCCC/C=C/c1cccc3c1CN(C3)C(=O)O2)C(=O)NS(=O)(=O)C1CC1. The van der Waals surface area contributed by atoms with E-state index >= 15 is 0 Å². The summed E-state index contributed by atoms with van der Waals surface area (Å²) in [7, 11) is -3.89. The number of hydrogen-bond acceptors (Lipinski definition) is 8. The fourth-order valence-corrected chi connectivity index (χ4v) is 8.60. The van der Waals surface area contributed by atoms with E-state index < -0.39 is 68.7 Å². The lowest BCUT2D eigenvalue weighted by atomic mass is 10.0. The van der Waals surface area contributed by atoms with Gasteiger partial charge in [-0.3, -0.25) is 28.8 Å². The third-order valence-corrected chi connectivity index (χ3v) is 12.3. The van der Waals surface area contributed by atoms with Gasteiger partial charge in [-0.15, -0.1) is 6.58 Å². The molecule has 2 aliphatic carbocycles. The van der Waals surface area contributed by atoms with E-state index in [1.807, 2.05) is 31.2 Å². The smallest absolute Gasteiger partial charge is 0.410 e. The minimum absolute atomic E-state index is 0.0383. The zero-order valence-corrected chi connectivity index (χ0v) is 29.3. The first kappa shape index (κ1) is 35.6. The molecule has 1 aromatic rings. The van der Waals surface area contributed by atoms with Crippen molar-refractivity contribution in [2.24, 2.45) is 5.92 Å². The van der Waals surface area contributed by atoms with Crippen LogP contribution < -0.4 is 15.4 Å². The molecule has 1 aromatic carbocycles. The summed E-state index contributed by atoms with van der Waals surface area (Å²) in [4.78, 5) is 71.2. The number of amides is 5. The van der Waals surface area contributed by atoms with Crippen LogP contribution >= 0.6 is 0 Å². The van der Waals surface area contributed by atoms with Crippen molar-refractivity contribution in [2.45, 2.75) is 120 Å². The third kappa shape index (κ3) is 7.59. The second-order valence-corrected chi connectivity index (χ2v) is 16.1. The number of carbonyl (C=O) groups is 5. The Kier molecular flexibility index (Phi) is 10.4. The van der Waals surface area contributed by atoms with Crippen LogP contribution in [0.15, 0.2) is 36.9 Å². The van der Waals surface area contributed by atoms with E-state index in [1.54, 1.807) is 4.90 Å². The molecular formula is C36H47N5O8S. The average Bonchev–Trinajstić information content (AvgIpc) is 3.98. The van der Waals surface area contributed by atoms with Gasteiger partial charge >= 0.3 is 6.09 Å². The second-order valence-electron chi connectivity index (χ2n) is 14.2. The summed E-state index contributed by atoms with van der Waals surface area (Å²) in [6.45, 7) is 6.37. The Labute approximate surface area is 293 Å². The highest BCUT2D eigenvalue weighted by atomic mass is 32.2. The Hall–Kier alpha value is -4.20. The Bertz CT molecular complexity index is 1690. The molecule has 3 aliphatic heterocycles. The van der Waals surface area contributed by atoms with E-state index in [1.165, 1.54) is 11.0 Å². The van der Waals surface area contributed by atoms with E-state index in [2.05, 4.69) is 28.0 Å². The van der Waals surface area contributed by atoms with Crippen molar-refractivity contribution in [3.8, 4) is 0 Å². The largest absolute Gasteiger partial charge is 0.444 e. The number of nitrogens with one attached hydrogen (secondary N) is 3. The van der Waals surface area contributed by atoms with Gasteiger partial charge in [0.25, 0.3) is 5.91 Å². The van der Waals surface area contributed by atoms with Gasteiger partial charge in [0.2, 0.25) is 27.7 Å². The van der Waals surface area contributed by atoms with E-state index in [0.29, 0.717) is 45.2 Å². The van der Waals surface area contributed by atoms with Gasteiger partial charge in [-0.05, 0) is 61.6 Å². The molecule has 0 spiro atoms. The number of ether oxygens (including phenoxy) is 1. The van der Waals surface area contributed by atoms with Crippen molar-refractivity contribution in [2.75, 3.05) is 6.54 Å². The van der Waals surface area contributed by atoms with Gasteiger partial charge < -0.3 is 20.3 Å². The van der Waals surface area contributed by atoms with Crippen LogP contribution in [0, 0.1) is 5.92 Å². The monoisotopic (exact) mass is 709 g/mol. The topological polar surface area (TPSA) is 171 Å². The van der Waals surface area contributed by atoms with E-state index in [4.69, 9.17) is 4.74 Å². The molecular weight excluding hydrogens is 662 g/mol. The molecule has 1 saturated heterocycles. The Morgan fingerprint density at radius 3 is 2.68 bits per heavy atom. The fourth-order valence-electron chi connectivity index (χ4n) is 7.23.